The summed E-state index contributed by atoms with van der Waals surface area (Å²) >= 11 is 0. The minimum atomic E-state index is -4.00. The third kappa shape index (κ3) is 7.24. The lowest BCUT2D eigenvalue weighted by atomic mass is 9.77. The van der Waals surface area contributed by atoms with Gasteiger partial charge in [0, 0.05) is 42.6 Å². The Morgan fingerprint density at radius 1 is 1.15 bits per heavy atom. The highest BCUT2D eigenvalue weighted by Crippen LogP contribution is 2.42. The summed E-state index contributed by atoms with van der Waals surface area (Å²) in [6.07, 6.45) is 1.20. The lowest BCUT2D eigenvalue weighted by molar-refractivity contribution is -0.440. The van der Waals surface area contributed by atoms with Crippen LogP contribution in [0, 0.1) is 5.92 Å². The Morgan fingerprint density at radius 3 is 2.38 bits per heavy atom. The van der Waals surface area contributed by atoms with Crippen molar-refractivity contribution in [1.29, 1.82) is 0 Å². The van der Waals surface area contributed by atoms with Crippen molar-refractivity contribution in [1.82, 2.24) is 10.6 Å². The molecule has 3 N–H and O–H groups in total. The topological polar surface area (TPSA) is 116 Å². The first kappa shape index (κ1) is 27.7. The lowest BCUT2D eigenvalue weighted by Crippen LogP contribution is -2.34. The first-order valence-corrected chi connectivity index (χ1v) is 13.3. The van der Waals surface area contributed by atoms with E-state index < -0.39 is 10.1 Å². The number of nitrogens with one attached hydrogen (secondary N) is 2. The van der Waals surface area contributed by atoms with Crippen molar-refractivity contribution in [2.24, 2.45) is 5.92 Å². The molecule has 0 spiro atoms. The number of hydrogen-bond acceptors (Lipinski definition) is 4. The van der Waals surface area contributed by atoms with E-state index in [-0.39, 0.29) is 35.3 Å². The van der Waals surface area contributed by atoms with Gasteiger partial charge in [-0.25, -0.2) is 0 Å². The zero-order valence-corrected chi connectivity index (χ0v) is 21.7. The van der Waals surface area contributed by atoms with Crippen molar-refractivity contribution in [2.45, 2.75) is 59.3 Å². The minimum absolute atomic E-state index is 0.0833. The summed E-state index contributed by atoms with van der Waals surface area (Å²) in [5.74, 6) is -0.304. The second-order valence-corrected chi connectivity index (χ2v) is 11.3. The normalized spacial score (nSPS) is 14.8. The van der Waals surface area contributed by atoms with Crippen molar-refractivity contribution >= 4 is 33.3 Å². The smallest absolute Gasteiger partial charge is 0.265 e. The van der Waals surface area contributed by atoms with Crippen LogP contribution in [0.1, 0.15) is 58.6 Å². The molecule has 0 aliphatic carbocycles. The fourth-order valence-electron chi connectivity index (χ4n) is 4.63. The van der Waals surface area contributed by atoms with E-state index >= 15 is 0 Å². The predicted molar refractivity (Wildman–Crippen MR) is 134 cm³/mol. The van der Waals surface area contributed by atoms with E-state index in [0.29, 0.717) is 38.0 Å². The van der Waals surface area contributed by atoms with Crippen LogP contribution in [0.5, 0.6) is 0 Å². The number of fused-ring (bicyclic) bond motifs is 1. The molecule has 0 saturated heterocycles. The van der Waals surface area contributed by atoms with Crippen LogP contribution < -0.4 is 10.6 Å². The third-order valence-electron chi connectivity index (χ3n) is 6.00. The molecule has 2 amide bonds. The fourth-order valence-corrected chi connectivity index (χ4v) is 5.12. The van der Waals surface area contributed by atoms with E-state index in [4.69, 9.17) is 4.55 Å². The Bertz CT molecular complexity index is 1090. The van der Waals surface area contributed by atoms with E-state index in [1.54, 1.807) is 6.92 Å². The summed E-state index contributed by atoms with van der Waals surface area (Å²) in [6, 6.07) is 5.99. The van der Waals surface area contributed by atoms with Crippen molar-refractivity contribution in [2.75, 3.05) is 25.4 Å². The standard InChI is InChI=1S/C25H37N3O5S/c1-17(2)23-25(5,6)20-15-19(9-10-21(20)28(23)13-8-14-34(31,32)33)16-22(29)26-11-7-12-27-24(30)18(3)4/h9-10,15,17H,3,7-8,11-14,16H2,1-2,4-6H3,(H2-,26,27,29,30,31,32,33)/p+1. The molecule has 0 aromatic heterocycles. The van der Waals surface area contributed by atoms with Crippen LogP contribution in [-0.4, -0.2) is 60.5 Å². The third-order valence-corrected chi connectivity index (χ3v) is 6.81. The van der Waals surface area contributed by atoms with Crippen LogP contribution >= 0.6 is 0 Å². The molecule has 1 aliphatic heterocycles. The van der Waals surface area contributed by atoms with Crippen molar-refractivity contribution in [3.63, 3.8) is 0 Å². The summed E-state index contributed by atoms with van der Waals surface area (Å²) in [6.45, 7) is 15.2. The first-order valence-electron chi connectivity index (χ1n) is 11.7. The van der Waals surface area contributed by atoms with Gasteiger partial charge in [-0.3, -0.25) is 14.1 Å². The molecular weight excluding hydrogens is 454 g/mol. The van der Waals surface area contributed by atoms with E-state index in [1.807, 2.05) is 12.1 Å². The minimum Gasteiger partial charge on any atom is -0.356 e. The van der Waals surface area contributed by atoms with Gasteiger partial charge in [-0.2, -0.15) is 13.0 Å². The van der Waals surface area contributed by atoms with Gasteiger partial charge in [0.15, 0.2) is 5.71 Å². The van der Waals surface area contributed by atoms with Crippen LogP contribution in [0.3, 0.4) is 0 Å². The molecule has 34 heavy (non-hydrogen) atoms. The van der Waals surface area contributed by atoms with Crippen molar-refractivity contribution in [3.05, 3.63) is 41.5 Å². The molecule has 0 saturated carbocycles. The van der Waals surface area contributed by atoms with Gasteiger partial charge >= 0.3 is 0 Å². The van der Waals surface area contributed by atoms with Gasteiger partial charge in [-0.05, 0) is 38.8 Å². The number of carbonyl (C=O) groups is 2. The highest BCUT2D eigenvalue weighted by Gasteiger charge is 2.46. The quantitative estimate of drug-likeness (QED) is 0.180. The molecule has 0 atom stereocenters. The predicted octanol–water partition coefficient (Wildman–Crippen LogP) is 2.74. The fraction of sp³-hybridized carbons (Fsp3) is 0.560. The molecule has 2 rings (SSSR count). The highest BCUT2D eigenvalue weighted by molar-refractivity contribution is 7.85. The molecule has 8 nitrogen and oxygen atoms in total. The molecule has 1 heterocycles. The van der Waals surface area contributed by atoms with Crippen LogP contribution in [0.4, 0.5) is 5.69 Å². The summed E-state index contributed by atoms with van der Waals surface area (Å²) in [5, 5.41) is 5.63. The van der Waals surface area contributed by atoms with Gasteiger partial charge in [0.25, 0.3) is 10.1 Å². The molecule has 0 radical (unpaired) electrons. The van der Waals surface area contributed by atoms with Gasteiger partial charge in [0.2, 0.25) is 17.5 Å². The number of benzene rings is 1. The summed E-state index contributed by atoms with van der Waals surface area (Å²) in [4.78, 5) is 23.9. The van der Waals surface area contributed by atoms with E-state index in [2.05, 4.69) is 55.5 Å². The molecular formula is C25H38N3O5S+. The Balaban J connectivity index is 2.06. The summed E-state index contributed by atoms with van der Waals surface area (Å²) in [5.41, 5.74) is 4.41. The lowest BCUT2D eigenvalue weighted by Gasteiger charge is -2.20. The maximum atomic E-state index is 12.4. The number of nitrogens with zero attached hydrogens (tertiary/aromatic N) is 1. The molecule has 9 heteroatoms. The number of hydrogen-bond donors (Lipinski definition) is 3. The second kappa shape index (κ2) is 11.3. The zero-order chi connectivity index (χ0) is 25.7. The van der Waals surface area contributed by atoms with Crippen molar-refractivity contribution in [3.8, 4) is 0 Å². The molecule has 1 aromatic carbocycles. The molecule has 0 fully saturated rings. The number of carbonyl (C=O) groups excluding carboxylic acids is 2. The SMILES string of the molecule is C=C(C)C(=O)NCCCNC(=O)Cc1ccc2c(c1)C(C)(C)C(C(C)C)=[N+]2CCCS(=O)(=O)O. The van der Waals surface area contributed by atoms with Gasteiger partial charge in [0.05, 0.1) is 17.6 Å². The average molecular weight is 493 g/mol. The Morgan fingerprint density at radius 2 is 1.79 bits per heavy atom. The first-order chi connectivity index (χ1) is 15.7. The average Bonchev–Trinajstić information content (AvgIpc) is 2.93. The maximum Gasteiger partial charge on any atom is 0.265 e. The molecule has 188 valence electrons. The van der Waals surface area contributed by atoms with E-state index in [9.17, 15) is 18.0 Å². The van der Waals surface area contributed by atoms with Crippen LogP contribution in [0.25, 0.3) is 0 Å². The van der Waals surface area contributed by atoms with E-state index in [0.717, 1.165) is 16.8 Å². The number of amides is 2. The highest BCUT2D eigenvalue weighted by atomic mass is 32.2. The van der Waals surface area contributed by atoms with Crippen LogP contribution in [-0.2, 0) is 31.5 Å². The van der Waals surface area contributed by atoms with Crippen molar-refractivity contribution < 1.29 is 27.1 Å². The molecule has 0 bridgehead atoms. The molecule has 1 aliphatic rings. The number of rotatable bonds is 12. The van der Waals surface area contributed by atoms with Crippen LogP contribution in [0.2, 0.25) is 0 Å². The monoisotopic (exact) mass is 492 g/mol. The van der Waals surface area contributed by atoms with Gasteiger partial charge in [0.1, 0.15) is 6.54 Å². The maximum absolute atomic E-state index is 12.4. The largest absolute Gasteiger partial charge is 0.356 e. The second-order valence-electron chi connectivity index (χ2n) is 9.72. The Kier molecular flexibility index (Phi) is 9.19. The van der Waals surface area contributed by atoms with Crippen LogP contribution in [0.15, 0.2) is 30.4 Å². The summed E-state index contributed by atoms with van der Waals surface area (Å²) in [7, 11) is -4.00. The van der Waals surface area contributed by atoms with E-state index in [1.165, 1.54) is 5.71 Å². The Hall–Kier alpha value is -2.52. The molecule has 0 unspecified atom stereocenters. The van der Waals surface area contributed by atoms with Gasteiger partial charge < -0.3 is 10.6 Å². The zero-order valence-electron chi connectivity index (χ0n) is 20.9. The molecule has 1 aromatic rings. The van der Waals surface area contributed by atoms with Gasteiger partial charge in [-0.15, -0.1) is 0 Å². The Labute approximate surface area is 203 Å². The van der Waals surface area contributed by atoms with Gasteiger partial charge in [-0.1, -0.05) is 26.5 Å². The summed E-state index contributed by atoms with van der Waals surface area (Å²) < 4.78 is 33.6.